The molecule has 0 unspecified atom stereocenters. The lowest BCUT2D eigenvalue weighted by molar-refractivity contribution is -0.384. The van der Waals surface area contributed by atoms with E-state index in [0.717, 1.165) is 12.1 Å². The molecule has 0 aliphatic carbocycles. The molecular formula is C21H24N6O2. The summed E-state index contributed by atoms with van der Waals surface area (Å²) in [6.07, 6.45) is 3.72. The average molecular weight is 392 g/mol. The maximum Gasteiger partial charge on any atom is 0.269 e. The van der Waals surface area contributed by atoms with Crippen molar-refractivity contribution in [3.63, 3.8) is 0 Å². The first kappa shape index (κ1) is 20.1. The van der Waals surface area contributed by atoms with Crippen molar-refractivity contribution in [2.24, 2.45) is 4.99 Å². The van der Waals surface area contributed by atoms with Crippen LogP contribution in [0, 0.1) is 10.1 Å². The monoisotopic (exact) mass is 392 g/mol. The van der Waals surface area contributed by atoms with E-state index >= 15 is 0 Å². The summed E-state index contributed by atoms with van der Waals surface area (Å²) in [7, 11) is 0. The molecule has 150 valence electrons. The number of nitro benzene ring substituents is 1. The van der Waals surface area contributed by atoms with Crippen LogP contribution in [-0.4, -0.2) is 27.2 Å². The van der Waals surface area contributed by atoms with Crippen molar-refractivity contribution in [3.8, 4) is 0 Å². The van der Waals surface area contributed by atoms with Crippen LogP contribution in [0.1, 0.15) is 23.6 Å². The number of hydrogen-bond donors (Lipinski definition) is 2. The van der Waals surface area contributed by atoms with E-state index in [2.05, 4.69) is 32.9 Å². The molecule has 0 amide bonds. The number of aromatic nitrogens is 2. The first-order valence-corrected chi connectivity index (χ1v) is 9.45. The molecule has 0 saturated carbocycles. The molecular weight excluding hydrogens is 368 g/mol. The lowest BCUT2D eigenvalue weighted by Crippen LogP contribution is -2.37. The minimum absolute atomic E-state index is 0.0801. The SMILES string of the molecule is CCNC(=NCc1ccc([N+](=O)[O-])cc1)NCc1ccccc1Cn1cccn1. The number of aliphatic imine (C=N–C) groups is 1. The fourth-order valence-corrected chi connectivity index (χ4v) is 2.87. The highest BCUT2D eigenvalue weighted by molar-refractivity contribution is 5.79. The van der Waals surface area contributed by atoms with Crippen LogP contribution < -0.4 is 10.6 Å². The van der Waals surface area contributed by atoms with Gasteiger partial charge in [0, 0.05) is 37.6 Å². The van der Waals surface area contributed by atoms with Crippen molar-refractivity contribution < 1.29 is 4.92 Å². The van der Waals surface area contributed by atoms with Crippen molar-refractivity contribution in [3.05, 3.63) is 93.8 Å². The molecule has 0 spiro atoms. The molecule has 0 bridgehead atoms. The Balaban J connectivity index is 1.65. The van der Waals surface area contributed by atoms with E-state index < -0.39 is 4.92 Å². The Labute approximate surface area is 169 Å². The Morgan fingerprint density at radius 2 is 1.86 bits per heavy atom. The lowest BCUT2D eigenvalue weighted by Gasteiger charge is -2.14. The van der Waals surface area contributed by atoms with Crippen molar-refractivity contribution in [1.29, 1.82) is 0 Å². The van der Waals surface area contributed by atoms with Gasteiger partial charge in [-0.2, -0.15) is 5.10 Å². The van der Waals surface area contributed by atoms with Gasteiger partial charge in [0.25, 0.3) is 5.69 Å². The number of hydrogen-bond acceptors (Lipinski definition) is 4. The Bertz CT molecular complexity index is 952. The van der Waals surface area contributed by atoms with Crippen LogP contribution >= 0.6 is 0 Å². The molecule has 3 rings (SSSR count). The minimum Gasteiger partial charge on any atom is -0.357 e. The molecule has 0 radical (unpaired) electrons. The maximum absolute atomic E-state index is 10.8. The third-order valence-electron chi connectivity index (χ3n) is 4.37. The second-order valence-electron chi connectivity index (χ2n) is 6.44. The van der Waals surface area contributed by atoms with Crippen LogP contribution in [0.15, 0.2) is 72.0 Å². The predicted octanol–water partition coefficient (Wildman–Crippen LogP) is 3.09. The Morgan fingerprint density at radius 3 is 2.52 bits per heavy atom. The average Bonchev–Trinajstić information content (AvgIpc) is 3.24. The van der Waals surface area contributed by atoms with Gasteiger partial charge in [0.1, 0.15) is 0 Å². The molecule has 8 nitrogen and oxygen atoms in total. The molecule has 0 atom stereocenters. The molecule has 2 N–H and O–H groups in total. The minimum atomic E-state index is -0.403. The molecule has 8 heteroatoms. The summed E-state index contributed by atoms with van der Waals surface area (Å²) in [6.45, 7) is 4.52. The maximum atomic E-state index is 10.8. The third-order valence-corrected chi connectivity index (χ3v) is 4.37. The van der Waals surface area contributed by atoms with E-state index in [0.29, 0.717) is 25.6 Å². The van der Waals surface area contributed by atoms with Crippen LogP contribution in [0.5, 0.6) is 0 Å². The number of rotatable bonds is 8. The van der Waals surface area contributed by atoms with E-state index in [1.807, 2.05) is 36.0 Å². The van der Waals surface area contributed by atoms with Crippen molar-refractivity contribution in [2.45, 2.75) is 26.6 Å². The molecule has 29 heavy (non-hydrogen) atoms. The van der Waals surface area contributed by atoms with Gasteiger partial charge in [0.05, 0.1) is 18.0 Å². The fraction of sp³-hybridized carbons (Fsp3) is 0.238. The van der Waals surface area contributed by atoms with E-state index in [1.165, 1.54) is 23.3 Å². The summed E-state index contributed by atoms with van der Waals surface area (Å²) in [5.41, 5.74) is 3.35. The number of benzene rings is 2. The molecule has 2 aromatic carbocycles. The van der Waals surface area contributed by atoms with Gasteiger partial charge >= 0.3 is 0 Å². The number of nitro groups is 1. The molecule has 1 aromatic heterocycles. The van der Waals surface area contributed by atoms with Crippen LogP contribution in [-0.2, 0) is 19.6 Å². The Morgan fingerprint density at radius 1 is 1.10 bits per heavy atom. The molecule has 0 aliphatic heterocycles. The van der Waals surface area contributed by atoms with E-state index in [9.17, 15) is 10.1 Å². The van der Waals surface area contributed by atoms with Crippen LogP contribution in [0.25, 0.3) is 0 Å². The zero-order chi connectivity index (χ0) is 20.5. The van der Waals surface area contributed by atoms with Gasteiger partial charge in [-0.3, -0.25) is 14.8 Å². The highest BCUT2D eigenvalue weighted by atomic mass is 16.6. The quantitative estimate of drug-likeness (QED) is 0.266. The number of guanidine groups is 1. The lowest BCUT2D eigenvalue weighted by atomic mass is 10.1. The van der Waals surface area contributed by atoms with Crippen molar-refractivity contribution in [2.75, 3.05) is 6.54 Å². The highest BCUT2D eigenvalue weighted by Gasteiger charge is 2.06. The number of non-ortho nitro benzene ring substituents is 1. The van der Waals surface area contributed by atoms with Gasteiger partial charge < -0.3 is 10.6 Å². The van der Waals surface area contributed by atoms with Gasteiger partial charge in [-0.05, 0) is 29.7 Å². The van der Waals surface area contributed by atoms with Crippen molar-refractivity contribution in [1.82, 2.24) is 20.4 Å². The zero-order valence-corrected chi connectivity index (χ0v) is 16.3. The molecule has 0 fully saturated rings. The highest BCUT2D eigenvalue weighted by Crippen LogP contribution is 2.13. The van der Waals surface area contributed by atoms with Crippen molar-refractivity contribution >= 4 is 11.6 Å². The largest absolute Gasteiger partial charge is 0.357 e. The van der Waals surface area contributed by atoms with E-state index in [1.54, 1.807) is 18.3 Å². The second kappa shape index (κ2) is 10.0. The summed E-state index contributed by atoms with van der Waals surface area (Å²) >= 11 is 0. The van der Waals surface area contributed by atoms with Gasteiger partial charge in [-0.25, -0.2) is 4.99 Å². The summed E-state index contributed by atoms with van der Waals surface area (Å²) in [6, 6.07) is 16.6. The first-order chi connectivity index (χ1) is 14.2. The normalized spacial score (nSPS) is 11.3. The summed E-state index contributed by atoms with van der Waals surface area (Å²) in [5, 5.41) is 21.6. The Hall–Kier alpha value is -3.68. The molecule has 0 saturated heterocycles. The standard InChI is InChI=1S/C21H24N6O2/c1-2-22-21(23-14-17-8-10-20(11-9-17)27(28)29)24-15-18-6-3-4-7-19(18)16-26-13-5-12-25-26/h3-13H,2,14-16H2,1H3,(H2,22,23,24). The third kappa shape index (κ3) is 5.90. The summed E-state index contributed by atoms with van der Waals surface area (Å²) in [4.78, 5) is 14.9. The Kier molecular flexibility index (Phi) is 6.94. The van der Waals surface area contributed by atoms with Crippen LogP contribution in [0.2, 0.25) is 0 Å². The van der Waals surface area contributed by atoms with Crippen LogP contribution in [0.4, 0.5) is 5.69 Å². The fourth-order valence-electron chi connectivity index (χ4n) is 2.87. The predicted molar refractivity (Wildman–Crippen MR) is 113 cm³/mol. The number of nitrogens with zero attached hydrogens (tertiary/aromatic N) is 4. The van der Waals surface area contributed by atoms with E-state index in [-0.39, 0.29) is 5.69 Å². The van der Waals surface area contributed by atoms with Gasteiger partial charge in [0.2, 0.25) is 0 Å². The first-order valence-electron chi connectivity index (χ1n) is 9.45. The smallest absolute Gasteiger partial charge is 0.269 e. The van der Waals surface area contributed by atoms with Crippen LogP contribution in [0.3, 0.4) is 0 Å². The van der Waals surface area contributed by atoms with Gasteiger partial charge in [-0.15, -0.1) is 0 Å². The van der Waals surface area contributed by atoms with Gasteiger partial charge in [0.15, 0.2) is 5.96 Å². The second-order valence-corrected chi connectivity index (χ2v) is 6.44. The van der Waals surface area contributed by atoms with Gasteiger partial charge in [-0.1, -0.05) is 36.4 Å². The molecule has 0 aliphatic rings. The summed E-state index contributed by atoms with van der Waals surface area (Å²) < 4.78 is 1.90. The van der Waals surface area contributed by atoms with E-state index in [4.69, 9.17) is 0 Å². The summed E-state index contributed by atoms with van der Waals surface area (Å²) in [5.74, 6) is 0.694. The number of nitrogens with one attached hydrogen (secondary N) is 2. The molecule has 1 heterocycles. The zero-order valence-electron chi connectivity index (χ0n) is 16.3. The molecule has 3 aromatic rings. The topological polar surface area (TPSA) is 97.4 Å².